The van der Waals surface area contributed by atoms with E-state index in [1.54, 1.807) is 0 Å². The van der Waals surface area contributed by atoms with Gasteiger partial charge in [-0.2, -0.15) is 0 Å². The van der Waals surface area contributed by atoms with Gasteiger partial charge in [-0.05, 0) is 88.7 Å². The van der Waals surface area contributed by atoms with E-state index in [0.717, 1.165) is 70.1 Å². The van der Waals surface area contributed by atoms with Crippen molar-refractivity contribution in [1.82, 2.24) is 10.2 Å². The van der Waals surface area contributed by atoms with Crippen molar-refractivity contribution in [2.24, 2.45) is 0 Å². The van der Waals surface area contributed by atoms with E-state index in [0.29, 0.717) is 25.4 Å². The Kier molecular flexibility index (Phi) is 9.31. The summed E-state index contributed by atoms with van der Waals surface area (Å²) in [7, 11) is 0. The summed E-state index contributed by atoms with van der Waals surface area (Å²) in [4.78, 5) is 2.61. The predicted molar refractivity (Wildman–Crippen MR) is 122 cm³/mol. The average Bonchev–Trinajstić information content (AvgIpc) is 3.32. The molecule has 0 bridgehead atoms. The zero-order chi connectivity index (χ0) is 21.1. The monoisotopic (exact) mass is 432 g/mol. The van der Waals surface area contributed by atoms with E-state index >= 15 is 0 Å². The molecule has 174 valence electrons. The molecule has 3 aliphatic heterocycles. The van der Waals surface area contributed by atoms with Gasteiger partial charge in [0.25, 0.3) is 0 Å². The van der Waals surface area contributed by atoms with Gasteiger partial charge in [-0.25, -0.2) is 0 Å². The SMILES string of the molecule is c1cc2c(cc1CC(CN1CCCC1)NCCCCCOC1CCOCC1)OCCO2. The first-order chi connectivity index (χ1) is 15.4. The molecule has 31 heavy (non-hydrogen) atoms. The molecule has 6 heteroatoms. The third kappa shape index (κ3) is 7.63. The number of hydrogen-bond donors (Lipinski definition) is 1. The van der Waals surface area contributed by atoms with Gasteiger partial charge in [-0.1, -0.05) is 6.07 Å². The summed E-state index contributed by atoms with van der Waals surface area (Å²) in [6.07, 6.45) is 9.80. The smallest absolute Gasteiger partial charge is 0.161 e. The number of nitrogens with zero attached hydrogens (tertiary/aromatic N) is 1. The van der Waals surface area contributed by atoms with E-state index < -0.39 is 0 Å². The summed E-state index contributed by atoms with van der Waals surface area (Å²) in [5.74, 6) is 1.77. The maximum absolute atomic E-state index is 5.99. The van der Waals surface area contributed by atoms with Gasteiger partial charge in [0, 0.05) is 32.4 Å². The lowest BCUT2D eigenvalue weighted by molar-refractivity contribution is -0.0327. The first-order valence-corrected chi connectivity index (χ1v) is 12.4. The summed E-state index contributed by atoms with van der Waals surface area (Å²) < 4.78 is 22.8. The maximum atomic E-state index is 5.99. The summed E-state index contributed by atoms with van der Waals surface area (Å²) in [6, 6.07) is 6.90. The molecule has 1 unspecified atom stereocenters. The minimum atomic E-state index is 0.419. The number of rotatable bonds is 12. The molecular weight excluding hydrogens is 392 g/mol. The summed E-state index contributed by atoms with van der Waals surface area (Å²) in [6.45, 7) is 8.56. The van der Waals surface area contributed by atoms with Gasteiger partial charge in [-0.15, -0.1) is 0 Å². The Hall–Kier alpha value is -1.34. The molecule has 0 spiro atoms. The molecule has 0 radical (unpaired) electrons. The molecule has 2 saturated heterocycles. The van der Waals surface area contributed by atoms with Gasteiger partial charge in [0.2, 0.25) is 0 Å². The van der Waals surface area contributed by atoms with Crippen molar-refractivity contribution in [3.63, 3.8) is 0 Å². The molecular formula is C25H40N2O4. The Morgan fingerprint density at radius 1 is 0.968 bits per heavy atom. The summed E-state index contributed by atoms with van der Waals surface area (Å²) >= 11 is 0. The molecule has 0 aromatic heterocycles. The molecule has 4 rings (SSSR count). The fourth-order valence-corrected chi connectivity index (χ4v) is 4.78. The van der Waals surface area contributed by atoms with E-state index in [1.807, 2.05) is 0 Å². The summed E-state index contributed by atoms with van der Waals surface area (Å²) in [5.41, 5.74) is 1.32. The lowest BCUT2D eigenvalue weighted by Gasteiger charge is -2.26. The highest BCUT2D eigenvalue weighted by atomic mass is 16.6. The second kappa shape index (κ2) is 12.6. The highest BCUT2D eigenvalue weighted by molar-refractivity contribution is 5.44. The quantitative estimate of drug-likeness (QED) is 0.511. The van der Waals surface area contributed by atoms with Crippen LogP contribution in [0.5, 0.6) is 11.5 Å². The van der Waals surface area contributed by atoms with Gasteiger partial charge >= 0.3 is 0 Å². The molecule has 1 aromatic carbocycles. The number of fused-ring (bicyclic) bond motifs is 1. The van der Waals surface area contributed by atoms with Crippen molar-refractivity contribution in [3.05, 3.63) is 23.8 Å². The van der Waals surface area contributed by atoms with Gasteiger partial charge in [0.15, 0.2) is 11.5 Å². The van der Waals surface area contributed by atoms with Gasteiger partial charge in [0.1, 0.15) is 13.2 Å². The molecule has 2 fully saturated rings. The maximum Gasteiger partial charge on any atom is 0.161 e. The lowest BCUT2D eigenvalue weighted by atomic mass is 10.0. The van der Waals surface area contributed by atoms with Crippen molar-refractivity contribution < 1.29 is 18.9 Å². The van der Waals surface area contributed by atoms with Gasteiger partial charge < -0.3 is 29.2 Å². The lowest BCUT2D eigenvalue weighted by Crippen LogP contribution is -2.42. The zero-order valence-electron chi connectivity index (χ0n) is 19.0. The highest BCUT2D eigenvalue weighted by Crippen LogP contribution is 2.31. The number of likely N-dealkylation sites (tertiary alicyclic amines) is 1. The van der Waals surface area contributed by atoms with Crippen LogP contribution >= 0.6 is 0 Å². The average molecular weight is 433 g/mol. The standard InChI is InChI=1S/C25H40N2O4/c1(5-13-29-23-8-14-28-15-9-23)2-10-26-22(20-27-11-3-4-12-27)18-21-6-7-24-25(19-21)31-17-16-30-24/h6-7,19,22-23,26H,1-5,8-18,20H2. The Morgan fingerprint density at radius 2 is 1.77 bits per heavy atom. The number of benzene rings is 1. The minimum Gasteiger partial charge on any atom is -0.486 e. The largest absolute Gasteiger partial charge is 0.486 e. The Labute approximate surface area is 187 Å². The molecule has 0 amide bonds. The molecule has 1 atom stereocenters. The molecule has 1 N–H and O–H groups in total. The zero-order valence-corrected chi connectivity index (χ0v) is 19.0. The summed E-state index contributed by atoms with van der Waals surface area (Å²) in [5, 5.41) is 3.84. The molecule has 0 saturated carbocycles. The first-order valence-electron chi connectivity index (χ1n) is 12.4. The Morgan fingerprint density at radius 3 is 2.61 bits per heavy atom. The van der Waals surface area contributed by atoms with Crippen LogP contribution in [0.1, 0.15) is 50.5 Å². The molecule has 6 nitrogen and oxygen atoms in total. The number of ether oxygens (including phenoxy) is 4. The van der Waals surface area contributed by atoms with Gasteiger partial charge in [0.05, 0.1) is 6.10 Å². The van der Waals surface area contributed by atoms with Crippen LogP contribution in [0.15, 0.2) is 18.2 Å². The topological polar surface area (TPSA) is 52.2 Å². The van der Waals surface area contributed by atoms with Crippen molar-refractivity contribution in [1.29, 1.82) is 0 Å². The van der Waals surface area contributed by atoms with Crippen LogP contribution < -0.4 is 14.8 Å². The molecule has 1 aromatic rings. The van der Waals surface area contributed by atoms with Crippen LogP contribution in [0.3, 0.4) is 0 Å². The molecule has 0 aliphatic carbocycles. The van der Waals surface area contributed by atoms with E-state index in [9.17, 15) is 0 Å². The normalized spacial score (nSPS) is 20.8. The van der Waals surface area contributed by atoms with Crippen LogP contribution in [-0.2, 0) is 15.9 Å². The van der Waals surface area contributed by atoms with Crippen LogP contribution in [0, 0.1) is 0 Å². The van der Waals surface area contributed by atoms with Crippen LogP contribution in [0.2, 0.25) is 0 Å². The Bertz CT molecular complexity index is 644. The molecule has 3 heterocycles. The highest BCUT2D eigenvalue weighted by Gasteiger charge is 2.19. The second-order valence-corrected chi connectivity index (χ2v) is 9.08. The first kappa shape index (κ1) is 22.8. The van der Waals surface area contributed by atoms with Crippen LogP contribution in [-0.4, -0.2) is 76.3 Å². The Balaban J connectivity index is 1.18. The van der Waals surface area contributed by atoms with E-state index in [4.69, 9.17) is 18.9 Å². The van der Waals surface area contributed by atoms with E-state index in [-0.39, 0.29) is 0 Å². The fraction of sp³-hybridized carbons (Fsp3) is 0.760. The van der Waals surface area contributed by atoms with E-state index in [2.05, 4.69) is 28.4 Å². The number of unbranched alkanes of at least 4 members (excludes halogenated alkanes) is 2. The van der Waals surface area contributed by atoms with Crippen molar-refractivity contribution in [3.8, 4) is 11.5 Å². The second-order valence-electron chi connectivity index (χ2n) is 9.08. The van der Waals surface area contributed by atoms with Crippen molar-refractivity contribution >= 4 is 0 Å². The van der Waals surface area contributed by atoms with Gasteiger partial charge in [-0.3, -0.25) is 0 Å². The fourth-order valence-electron chi connectivity index (χ4n) is 4.78. The minimum absolute atomic E-state index is 0.419. The van der Waals surface area contributed by atoms with Crippen LogP contribution in [0.25, 0.3) is 0 Å². The van der Waals surface area contributed by atoms with Crippen molar-refractivity contribution in [2.45, 2.75) is 63.5 Å². The van der Waals surface area contributed by atoms with Crippen molar-refractivity contribution in [2.75, 3.05) is 59.2 Å². The number of nitrogens with one attached hydrogen (secondary N) is 1. The number of hydrogen-bond acceptors (Lipinski definition) is 6. The van der Waals surface area contributed by atoms with Crippen LogP contribution in [0.4, 0.5) is 0 Å². The van der Waals surface area contributed by atoms with E-state index in [1.165, 1.54) is 44.3 Å². The third-order valence-corrected chi connectivity index (χ3v) is 6.54. The third-order valence-electron chi connectivity index (χ3n) is 6.54. The molecule has 3 aliphatic rings. The predicted octanol–water partition coefficient (Wildman–Crippen LogP) is 3.42.